The Hall–Kier alpha value is -0.410. The number of carbonyl (C=O) groups excluding carboxylic acids is 1. The van der Waals surface area contributed by atoms with Gasteiger partial charge in [-0.15, -0.1) is 0 Å². The number of aliphatic hydroxyl groups is 1. The van der Waals surface area contributed by atoms with Crippen LogP contribution in [-0.4, -0.2) is 41.0 Å². The lowest BCUT2D eigenvalue weighted by Gasteiger charge is -2.37. The lowest BCUT2D eigenvalue weighted by molar-refractivity contribution is -0.121. The number of ketones is 1. The predicted octanol–water partition coefficient (Wildman–Crippen LogP) is 0.955. The smallest absolute Gasteiger partial charge is 0.133 e. The van der Waals surface area contributed by atoms with Gasteiger partial charge in [-0.3, -0.25) is 4.79 Å². The van der Waals surface area contributed by atoms with Crippen molar-refractivity contribution < 1.29 is 9.90 Å². The van der Waals surface area contributed by atoms with Crippen LogP contribution in [0.4, 0.5) is 0 Å². The molecule has 0 aromatic heterocycles. The molecule has 1 saturated carbocycles. The monoisotopic (exact) mass is 197 g/mol. The maximum atomic E-state index is 11.1. The number of aliphatic hydroxyl groups excluding tert-OH is 1. The maximum absolute atomic E-state index is 11.1. The van der Waals surface area contributed by atoms with Crippen LogP contribution in [-0.2, 0) is 4.79 Å². The van der Waals surface area contributed by atoms with E-state index in [-0.39, 0.29) is 6.10 Å². The van der Waals surface area contributed by atoms with E-state index in [2.05, 4.69) is 4.90 Å². The molecule has 1 aliphatic heterocycles. The summed E-state index contributed by atoms with van der Waals surface area (Å²) in [6.07, 6.45) is 5.34. The molecule has 0 atom stereocenters. The molecule has 2 fully saturated rings. The largest absolute Gasteiger partial charge is 0.393 e. The van der Waals surface area contributed by atoms with Crippen molar-refractivity contribution in [1.29, 1.82) is 0 Å². The van der Waals surface area contributed by atoms with Gasteiger partial charge >= 0.3 is 0 Å². The van der Waals surface area contributed by atoms with Crippen LogP contribution in [0.5, 0.6) is 0 Å². The zero-order valence-corrected chi connectivity index (χ0v) is 8.61. The van der Waals surface area contributed by atoms with Crippen LogP contribution in [0.25, 0.3) is 0 Å². The molecule has 0 radical (unpaired) electrons. The van der Waals surface area contributed by atoms with Gasteiger partial charge in [0.2, 0.25) is 0 Å². The van der Waals surface area contributed by atoms with E-state index in [9.17, 15) is 9.90 Å². The number of hydrogen-bond donors (Lipinski definition) is 1. The van der Waals surface area contributed by atoms with Crippen LogP contribution >= 0.6 is 0 Å². The minimum Gasteiger partial charge on any atom is -0.393 e. The van der Waals surface area contributed by atoms with Crippen molar-refractivity contribution in [1.82, 2.24) is 4.90 Å². The Kier molecular flexibility index (Phi) is 3.19. The van der Waals surface area contributed by atoms with Crippen LogP contribution in [0.3, 0.4) is 0 Å². The average Bonchev–Trinajstić information content (AvgIpc) is 2.21. The molecule has 3 nitrogen and oxygen atoms in total. The highest BCUT2D eigenvalue weighted by Gasteiger charge is 2.27. The number of piperidine rings is 1. The normalized spacial score (nSPS) is 28.2. The summed E-state index contributed by atoms with van der Waals surface area (Å²) in [5, 5.41) is 9.39. The van der Waals surface area contributed by atoms with Crippen molar-refractivity contribution in [2.75, 3.05) is 13.1 Å². The van der Waals surface area contributed by atoms with Crippen LogP contribution in [0.15, 0.2) is 0 Å². The Morgan fingerprint density at radius 2 is 1.64 bits per heavy atom. The molecule has 2 aliphatic rings. The SMILES string of the molecule is O=C1CCC(N2CCC(O)CC2)CC1. The molecular formula is C11H19NO2. The highest BCUT2D eigenvalue weighted by molar-refractivity contribution is 5.79. The molecule has 3 heteroatoms. The van der Waals surface area contributed by atoms with E-state index in [0.29, 0.717) is 11.8 Å². The summed E-state index contributed by atoms with van der Waals surface area (Å²) in [6.45, 7) is 2.03. The highest BCUT2D eigenvalue weighted by Crippen LogP contribution is 2.23. The fraction of sp³-hybridized carbons (Fsp3) is 0.909. The van der Waals surface area contributed by atoms with Crippen molar-refractivity contribution in [3.63, 3.8) is 0 Å². The Labute approximate surface area is 85.1 Å². The minimum atomic E-state index is -0.0866. The van der Waals surface area contributed by atoms with E-state index in [1.54, 1.807) is 0 Å². The fourth-order valence-electron chi connectivity index (χ4n) is 2.54. The topological polar surface area (TPSA) is 40.5 Å². The zero-order valence-electron chi connectivity index (χ0n) is 8.61. The number of carbonyl (C=O) groups is 1. The zero-order chi connectivity index (χ0) is 9.97. The third-order valence-electron chi connectivity index (χ3n) is 3.53. The van der Waals surface area contributed by atoms with E-state index in [1.807, 2.05) is 0 Å². The van der Waals surface area contributed by atoms with Gasteiger partial charge < -0.3 is 10.0 Å². The quantitative estimate of drug-likeness (QED) is 0.680. The van der Waals surface area contributed by atoms with Gasteiger partial charge in [-0.1, -0.05) is 0 Å². The summed E-state index contributed by atoms with van der Waals surface area (Å²) in [4.78, 5) is 13.5. The van der Waals surface area contributed by atoms with Crippen molar-refractivity contribution in [3.8, 4) is 0 Å². The molecule has 1 heterocycles. The lowest BCUT2D eigenvalue weighted by atomic mass is 9.91. The van der Waals surface area contributed by atoms with E-state index in [0.717, 1.165) is 51.6 Å². The molecule has 0 aromatic rings. The van der Waals surface area contributed by atoms with Crippen molar-refractivity contribution in [2.24, 2.45) is 0 Å². The van der Waals surface area contributed by atoms with Crippen LogP contribution in [0.1, 0.15) is 38.5 Å². The molecule has 14 heavy (non-hydrogen) atoms. The van der Waals surface area contributed by atoms with Crippen LogP contribution in [0.2, 0.25) is 0 Å². The number of nitrogens with zero attached hydrogens (tertiary/aromatic N) is 1. The summed E-state index contributed by atoms with van der Waals surface area (Å²) in [7, 11) is 0. The lowest BCUT2D eigenvalue weighted by Crippen LogP contribution is -2.44. The average molecular weight is 197 g/mol. The first-order valence-electron chi connectivity index (χ1n) is 5.69. The van der Waals surface area contributed by atoms with Crippen molar-refractivity contribution in [3.05, 3.63) is 0 Å². The summed E-state index contributed by atoms with van der Waals surface area (Å²) < 4.78 is 0. The number of Topliss-reactive ketones (excluding diaryl/α,β-unsaturated/α-hetero) is 1. The second-order valence-electron chi connectivity index (χ2n) is 4.54. The molecule has 1 aliphatic carbocycles. The van der Waals surface area contributed by atoms with E-state index >= 15 is 0 Å². The molecule has 0 unspecified atom stereocenters. The Morgan fingerprint density at radius 3 is 2.21 bits per heavy atom. The third kappa shape index (κ3) is 2.34. The fourth-order valence-corrected chi connectivity index (χ4v) is 2.54. The Morgan fingerprint density at radius 1 is 1.07 bits per heavy atom. The Bertz CT molecular complexity index is 199. The van der Waals surface area contributed by atoms with Gasteiger partial charge in [0, 0.05) is 32.0 Å². The molecular weight excluding hydrogens is 178 g/mol. The summed E-state index contributed by atoms with van der Waals surface area (Å²) in [5.74, 6) is 0.429. The maximum Gasteiger partial charge on any atom is 0.133 e. The molecule has 80 valence electrons. The van der Waals surface area contributed by atoms with E-state index < -0.39 is 0 Å². The molecule has 1 saturated heterocycles. The van der Waals surface area contributed by atoms with Gasteiger partial charge in [-0.05, 0) is 25.7 Å². The second-order valence-corrected chi connectivity index (χ2v) is 4.54. The summed E-state index contributed by atoms with van der Waals surface area (Å²) >= 11 is 0. The Balaban J connectivity index is 1.81. The first kappa shape index (κ1) is 10.1. The number of hydrogen-bond acceptors (Lipinski definition) is 3. The van der Waals surface area contributed by atoms with Gasteiger partial charge in [0.25, 0.3) is 0 Å². The van der Waals surface area contributed by atoms with Crippen molar-refractivity contribution in [2.45, 2.75) is 50.7 Å². The molecule has 0 bridgehead atoms. The first-order valence-corrected chi connectivity index (χ1v) is 5.69. The van der Waals surface area contributed by atoms with E-state index in [1.165, 1.54) is 0 Å². The third-order valence-corrected chi connectivity index (χ3v) is 3.53. The number of rotatable bonds is 1. The highest BCUT2D eigenvalue weighted by atomic mass is 16.3. The van der Waals surface area contributed by atoms with Gasteiger partial charge in [0.1, 0.15) is 5.78 Å². The predicted molar refractivity (Wildman–Crippen MR) is 54.1 cm³/mol. The summed E-state index contributed by atoms with van der Waals surface area (Å²) in [6, 6.07) is 0.611. The van der Waals surface area contributed by atoms with Crippen LogP contribution < -0.4 is 0 Å². The number of likely N-dealkylation sites (tertiary alicyclic amines) is 1. The van der Waals surface area contributed by atoms with Crippen molar-refractivity contribution >= 4 is 5.78 Å². The minimum absolute atomic E-state index is 0.0866. The van der Waals surface area contributed by atoms with E-state index in [4.69, 9.17) is 0 Å². The molecule has 1 N–H and O–H groups in total. The van der Waals surface area contributed by atoms with Gasteiger partial charge in [0.05, 0.1) is 6.10 Å². The second kappa shape index (κ2) is 4.41. The molecule has 0 amide bonds. The summed E-state index contributed by atoms with van der Waals surface area (Å²) in [5.41, 5.74) is 0. The van der Waals surface area contributed by atoms with Gasteiger partial charge in [-0.25, -0.2) is 0 Å². The standard InChI is InChI=1S/C11H19NO2/c13-10-3-1-9(2-4-10)12-7-5-11(14)6-8-12/h9,11,14H,1-8H2. The van der Waals surface area contributed by atoms with Gasteiger partial charge in [0.15, 0.2) is 0 Å². The first-order chi connectivity index (χ1) is 6.75. The van der Waals surface area contributed by atoms with Crippen LogP contribution in [0, 0.1) is 0 Å². The molecule has 2 rings (SSSR count). The van der Waals surface area contributed by atoms with Gasteiger partial charge in [-0.2, -0.15) is 0 Å². The molecule has 0 spiro atoms. The molecule has 0 aromatic carbocycles.